The van der Waals surface area contributed by atoms with Crippen LogP contribution in [0.2, 0.25) is 0 Å². The highest BCUT2D eigenvalue weighted by molar-refractivity contribution is 5.89. The number of carboxylic acid groups (broad SMARTS) is 1. The SMILES string of the molecule is CN1CCCC2CN(C(=O)[C@@H]3C[C@@H]3C(=O)O)CCC21. The van der Waals surface area contributed by atoms with Crippen LogP contribution in [0.5, 0.6) is 0 Å². The molecule has 1 saturated carbocycles. The molecule has 2 saturated heterocycles. The van der Waals surface area contributed by atoms with Crippen molar-refractivity contribution in [1.29, 1.82) is 0 Å². The third kappa shape index (κ3) is 2.36. The number of aliphatic carboxylic acids is 1. The summed E-state index contributed by atoms with van der Waals surface area (Å²) in [4.78, 5) is 27.5. The summed E-state index contributed by atoms with van der Waals surface area (Å²) in [5.74, 6) is -0.808. The molecule has 1 amide bonds. The summed E-state index contributed by atoms with van der Waals surface area (Å²) in [6.45, 7) is 2.79. The van der Waals surface area contributed by atoms with Gasteiger partial charge in [0, 0.05) is 19.1 Å². The van der Waals surface area contributed by atoms with Gasteiger partial charge in [-0.1, -0.05) is 0 Å². The van der Waals surface area contributed by atoms with Crippen molar-refractivity contribution in [3.05, 3.63) is 0 Å². The van der Waals surface area contributed by atoms with Crippen molar-refractivity contribution in [2.24, 2.45) is 17.8 Å². The molecule has 5 nitrogen and oxygen atoms in total. The first kappa shape index (κ1) is 12.9. The number of carbonyl (C=O) groups is 2. The lowest BCUT2D eigenvalue weighted by molar-refractivity contribution is -0.143. The zero-order valence-electron chi connectivity index (χ0n) is 11.4. The Balaban J connectivity index is 1.59. The minimum Gasteiger partial charge on any atom is -0.481 e. The number of carboxylic acids is 1. The lowest BCUT2D eigenvalue weighted by Crippen LogP contribution is -2.54. The number of nitrogens with zero attached hydrogens (tertiary/aromatic N) is 2. The third-order valence-electron chi connectivity index (χ3n) is 5.08. The van der Waals surface area contributed by atoms with E-state index < -0.39 is 11.9 Å². The predicted octanol–water partition coefficient (Wildman–Crippen LogP) is 0.650. The Morgan fingerprint density at radius 2 is 1.95 bits per heavy atom. The van der Waals surface area contributed by atoms with Crippen molar-refractivity contribution in [2.75, 3.05) is 26.7 Å². The van der Waals surface area contributed by atoms with Gasteiger partial charge in [0.15, 0.2) is 0 Å². The van der Waals surface area contributed by atoms with E-state index >= 15 is 0 Å². The van der Waals surface area contributed by atoms with Gasteiger partial charge >= 0.3 is 5.97 Å². The maximum absolute atomic E-state index is 12.3. The maximum Gasteiger partial charge on any atom is 0.307 e. The predicted molar refractivity (Wildman–Crippen MR) is 69.6 cm³/mol. The van der Waals surface area contributed by atoms with Gasteiger partial charge in [-0.3, -0.25) is 9.59 Å². The largest absolute Gasteiger partial charge is 0.481 e. The van der Waals surface area contributed by atoms with E-state index in [1.807, 2.05) is 4.90 Å². The molecule has 4 atom stereocenters. The number of hydrogen-bond donors (Lipinski definition) is 1. The van der Waals surface area contributed by atoms with Crippen molar-refractivity contribution in [1.82, 2.24) is 9.80 Å². The number of amides is 1. The molecule has 0 aromatic heterocycles. The van der Waals surface area contributed by atoms with Crippen LogP contribution < -0.4 is 0 Å². The molecular formula is C14H22N2O3. The van der Waals surface area contributed by atoms with Crippen molar-refractivity contribution in [3.63, 3.8) is 0 Å². The van der Waals surface area contributed by atoms with Crippen LogP contribution in [0, 0.1) is 17.8 Å². The number of likely N-dealkylation sites (tertiary alicyclic amines) is 2. The van der Waals surface area contributed by atoms with Gasteiger partial charge in [0.1, 0.15) is 0 Å². The molecule has 0 aromatic carbocycles. The minimum absolute atomic E-state index is 0.0825. The zero-order valence-corrected chi connectivity index (χ0v) is 11.4. The molecule has 1 aliphatic carbocycles. The first-order valence-corrected chi connectivity index (χ1v) is 7.29. The van der Waals surface area contributed by atoms with Crippen LogP contribution >= 0.6 is 0 Å². The van der Waals surface area contributed by atoms with E-state index in [4.69, 9.17) is 5.11 Å². The summed E-state index contributed by atoms with van der Waals surface area (Å²) in [7, 11) is 2.18. The molecule has 0 bridgehead atoms. The number of hydrogen-bond acceptors (Lipinski definition) is 3. The first-order valence-electron chi connectivity index (χ1n) is 7.29. The quantitative estimate of drug-likeness (QED) is 0.797. The number of carbonyl (C=O) groups excluding carboxylic acids is 1. The van der Waals surface area contributed by atoms with Crippen molar-refractivity contribution < 1.29 is 14.7 Å². The molecule has 106 valence electrons. The van der Waals surface area contributed by atoms with Gasteiger partial charge in [0.25, 0.3) is 0 Å². The van der Waals surface area contributed by atoms with Gasteiger partial charge in [-0.2, -0.15) is 0 Å². The van der Waals surface area contributed by atoms with Crippen LogP contribution in [0.25, 0.3) is 0 Å². The fraction of sp³-hybridized carbons (Fsp3) is 0.857. The van der Waals surface area contributed by atoms with E-state index in [0.717, 1.165) is 19.5 Å². The van der Waals surface area contributed by atoms with Crippen LogP contribution in [0.3, 0.4) is 0 Å². The third-order valence-corrected chi connectivity index (χ3v) is 5.08. The fourth-order valence-corrected chi connectivity index (χ4v) is 3.83. The second-order valence-electron chi connectivity index (χ2n) is 6.31. The van der Waals surface area contributed by atoms with Crippen LogP contribution in [-0.2, 0) is 9.59 Å². The lowest BCUT2D eigenvalue weighted by Gasteiger charge is -2.46. The molecule has 1 N–H and O–H groups in total. The summed E-state index contributed by atoms with van der Waals surface area (Å²) in [5, 5.41) is 8.92. The van der Waals surface area contributed by atoms with Crippen LogP contribution in [-0.4, -0.2) is 59.5 Å². The second kappa shape index (κ2) is 4.78. The fourth-order valence-electron chi connectivity index (χ4n) is 3.83. The Morgan fingerprint density at radius 1 is 1.16 bits per heavy atom. The molecule has 0 spiro atoms. The van der Waals surface area contributed by atoms with E-state index in [2.05, 4.69) is 11.9 Å². The van der Waals surface area contributed by atoms with Gasteiger partial charge in [0.05, 0.1) is 11.8 Å². The monoisotopic (exact) mass is 266 g/mol. The smallest absolute Gasteiger partial charge is 0.307 e. The van der Waals surface area contributed by atoms with Gasteiger partial charge < -0.3 is 14.9 Å². The minimum atomic E-state index is -0.814. The van der Waals surface area contributed by atoms with Crippen molar-refractivity contribution in [3.8, 4) is 0 Å². The Hall–Kier alpha value is -1.10. The van der Waals surface area contributed by atoms with Gasteiger partial charge in [-0.25, -0.2) is 0 Å². The molecule has 0 aromatic rings. The molecule has 19 heavy (non-hydrogen) atoms. The van der Waals surface area contributed by atoms with Crippen molar-refractivity contribution >= 4 is 11.9 Å². The first-order chi connectivity index (χ1) is 9.08. The Morgan fingerprint density at radius 3 is 2.63 bits per heavy atom. The van der Waals surface area contributed by atoms with Crippen LogP contribution in [0.4, 0.5) is 0 Å². The normalized spacial score (nSPS) is 38.7. The van der Waals surface area contributed by atoms with E-state index in [1.54, 1.807) is 0 Å². The summed E-state index contributed by atoms with van der Waals surface area (Å²) >= 11 is 0. The van der Waals surface area contributed by atoms with Gasteiger partial charge in [-0.15, -0.1) is 0 Å². The van der Waals surface area contributed by atoms with Gasteiger partial charge in [-0.05, 0) is 45.2 Å². The molecule has 3 rings (SSSR count). The highest BCUT2D eigenvalue weighted by Gasteiger charge is 2.50. The van der Waals surface area contributed by atoms with Crippen LogP contribution in [0.15, 0.2) is 0 Å². The maximum atomic E-state index is 12.3. The summed E-state index contributed by atoms with van der Waals surface area (Å²) in [6.07, 6.45) is 3.99. The number of rotatable bonds is 2. The lowest BCUT2D eigenvalue weighted by atomic mass is 9.84. The molecule has 3 aliphatic rings. The van der Waals surface area contributed by atoms with E-state index in [1.165, 1.54) is 19.4 Å². The molecule has 5 heteroatoms. The summed E-state index contributed by atoms with van der Waals surface area (Å²) in [5.41, 5.74) is 0. The standard InChI is InChI=1S/C14H22N2O3/c1-15-5-2-3-9-8-16(6-4-12(9)15)13(17)10-7-11(10)14(18)19/h9-12H,2-8H2,1H3,(H,18,19)/t9?,10-,11+,12?/m1/s1. The topological polar surface area (TPSA) is 60.9 Å². The van der Waals surface area contributed by atoms with Gasteiger partial charge in [0.2, 0.25) is 5.91 Å². The molecule has 2 heterocycles. The Kier molecular flexibility index (Phi) is 3.25. The van der Waals surface area contributed by atoms with E-state index in [9.17, 15) is 9.59 Å². The molecule has 2 aliphatic heterocycles. The number of fused-ring (bicyclic) bond motifs is 1. The average molecular weight is 266 g/mol. The Labute approximate surface area is 113 Å². The van der Waals surface area contributed by atoms with Crippen LogP contribution in [0.1, 0.15) is 25.7 Å². The molecule has 3 fully saturated rings. The van der Waals surface area contributed by atoms with E-state index in [-0.39, 0.29) is 11.8 Å². The molecule has 2 unspecified atom stereocenters. The summed E-state index contributed by atoms with van der Waals surface area (Å²) < 4.78 is 0. The molecule has 0 radical (unpaired) electrons. The molecular weight excluding hydrogens is 244 g/mol. The van der Waals surface area contributed by atoms with Crippen molar-refractivity contribution in [2.45, 2.75) is 31.7 Å². The average Bonchev–Trinajstić information content (AvgIpc) is 3.18. The summed E-state index contributed by atoms with van der Waals surface area (Å²) in [6, 6.07) is 0.618. The highest BCUT2D eigenvalue weighted by atomic mass is 16.4. The highest BCUT2D eigenvalue weighted by Crippen LogP contribution is 2.41. The Bertz CT molecular complexity index is 398. The van der Waals surface area contributed by atoms with E-state index in [0.29, 0.717) is 18.4 Å². The second-order valence-corrected chi connectivity index (χ2v) is 6.31. The number of piperidine rings is 2. The zero-order chi connectivity index (χ0) is 13.6.